The summed E-state index contributed by atoms with van der Waals surface area (Å²) in [5.41, 5.74) is 9.24. The van der Waals surface area contributed by atoms with E-state index in [0.717, 1.165) is 36.8 Å². The number of hydrogen-bond donors (Lipinski definition) is 5. The number of pyridine rings is 1. The Kier molecular flexibility index (Phi) is 6.17. The summed E-state index contributed by atoms with van der Waals surface area (Å²) in [6.45, 7) is 1.42. The molecule has 1 saturated carbocycles. The van der Waals surface area contributed by atoms with Gasteiger partial charge in [-0.05, 0) is 50.8 Å². The third-order valence-electron chi connectivity index (χ3n) is 5.80. The van der Waals surface area contributed by atoms with E-state index in [9.17, 15) is 9.50 Å². The molecule has 0 radical (unpaired) electrons. The van der Waals surface area contributed by atoms with Crippen LogP contribution in [0.4, 0.5) is 27.7 Å². The normalized spacial score (nSPS) is 20.8. The van der Waals surface area contributed by atoms with E-state index in [4.69, 9.17) is 5.53 Å². The van der Waals surface area contributed by atoms with Crippen molar-refractivity contribution < 1.29 is 9.50 Å². The number of nitrogens with one attached hydrogen (secondary N) is 4. The van der Waals surface area contributed by atoms with E-state index in [0.29, 0.717) is 29.0 Å². The summed E-state index contributed by atoms with van der Waals surface area (Å²) < 4.78 is 14.4. The summed E-state index contributed by atoms with van der Waals surface area (Å²) in [5.74, 6) is 1.50. The number of fused-ring (bicyclic) bond motifs is 1. The highest BCUT2D eigenvalue weighted by molar-refractivity contribution is 5.88. The molecular formula is C21H28FN9O. The zero-order valence-corrected chi connectivity index (χ0v) is 18.2. The minimum absolute atomic E-state index is 0.0893. The molecule has 0 spiro atoms. The summed E-state index contributed by atoms with van der Waals surface area (Å²) in [6, 6.07) is 5.54. The lowest BCUT2D eigenvalue weighted by Crippen LogP contribution is -2.36. The third-order valence-corrected chi connectivity index (χ3v) is 5.80. The number of halogens is 1. The Morgan fingerprint density at radius 2 is 2.03 bits per heavy atom. The molecule has 170 valence electrons. The van der Waals surface area contributed by atoms with Gasteiger partial charge in [0.25, 0.3) is 0 Å². The van der Waals surface area contributed by atoms with Gasteiger partial charge in [0, 0.05) is 31.4 Å². The molecule has 10 nitrogen and oxygen atoms in total. The van der Waals surface area contributed by atoms with Crippen LogP contribution >= 0.6 is 0 Å². The Bertz CT molecular complexity index is 1100. The van der Waals surface area contributed by atoms with Crippen LogP contribution in [0.3, 0.4) is 0 Å². The van der Waals surface area contributed by atoms with Crippen molar-refractivity contribution in [2.75, 3.05) is 36.2 Å². The Morgan fingerprint density at radius 3 is 2.72 bits per heavy atom. The van der Waals surface area contributed by atoms with Crippen LogP contribution in [0.15, 0.2) is 29.5 Å². The van der Waals surface area contributed by atoms with Gasteiger partial charge in [-0.25, -0.2) is 19.4 Å². The van der Waals surface area contributed by atoms with Gasteiger partial charge in [-0.2, -0.15) is 10.1 Å². The number of nitrogens with zero attached hydrogens (tertiary/aromatic N) is 5. The van der Waals surface area contributed by atoms with Crippen molar-refractivity contribution in [3.8, 4) is 11.3 Å². The second-order valence-electron chi connectivity index (χ2n) is 8.26. The van der Waals surface area contributed by atoms with Gasteiger partial charge < -0.3 is 21.1 Å². The lowest BCUT2D eigenvalue weighted by atomic mass is 9.84. The molecule has 0 bridgehead atoms. The Morgan fingerprint density at radius 1 is 1.25 bits per heavy atom. The molecule has 32 heavy (non-hydrogen) atoms. The number of anilines is 3. The number of alkyl halides is 1. The van der Waals surface area contributed by atoms with Crippen molar-refractivity contribution in [1.82, 2.24) is 19.6 Å². The van der Waals surface area contributed by atoms with E-state index >= 15 is 0 Å². The highest BCUT2D eigenvalue weighted by Crippen LogP contribution is 2.33. The summed E-state index contributed by atoms with van der Waals surface area (Å²) >= 11 is 0. The van der Waals surface area contributed by atoms with Gasteiger partial charge in [0.15, 0.2) is 11.6 Å². The average Bonchev–Trinajstić information content (AvgIpc) is 3.22. The van der Waals surface area contributed by atoms with Gasteiger partial charge in [-0.3, -0.25) is 0 Å². The number of hydrogen-bond acceptors (Lipinski definition) is 9. The maximum Gasteiger partial charge on any atom is 0.243 e. The van der Waals surface area contributed by atoms with Gasteiger partial charge in [-0.1, -0.05) is 0 Å². The first-order chi connectivity index (χ1) is 15.4. The first-order valence-corrected chi connectivity index (χ1v) is 10.7. The third kappa shape index (κ3) is 4.47. The van der Waals surface area contributed by atoms with Gasteiger partial charge in [-0.15, -0.1) is 5.10 Å². The molecule has 1 aliphatic rings. The topological polar surface area (TPSA) is 136 Å². The number of aromatic nitrogens is 4. The largest absolute Gasteiger partial charge is 0.390 e. The quantitative estimate of drug-likeness (QED) is 0.334. The summed E-state index contributed by atoms with van der Waals surface area (Å²) in [6.07, 6.45) is 5.02. The molecule has 0 aliphatic heterocycles. The van der Waals surface area contributed by atoms with Crippen LogP contribution in [0.2, 0.25) is 0 Å². The molecular weight excluding hydrogens is 413 g/mol. The van der Waals surface area contributed by atoms with Crippen LogP contribution in [-0.2, 0) is 0 Å². The summed E-state index contributed by atoms with van der Waals surface area (Å²) in [5, 5.41) is 27.6. The number of rotatable bonds is 8. The second kappa shape index (κ2) is 9.03. The smallest absolute Gasteiger partial charge is 0.243 e. The zero-order valence-electron chi connectivity index (χ0n) is 18.2. The highest BCUT2D eigenvalue weighted by Gasteiger charge is 2.29. The van der Waals surface area contributed by atoms with E-state index in [2.05, 4.69) is 36.1 Å². The lowest BCUT2D eigenvalue weighted by molar-refractivity contribution is 0.0195. The molecule has 4 rings (SSSR count). The summed E-state index contributed by atoms with van der Waals surface area (Å²) in [7, 11) is 1.80. The maximum absolute atomic E-state index is 12.6. The Balaban J connectivity index is 1.66. The van der Waals surface area contributed by atoms with Crippen molar-refractivity contribution in [3.63, 3.8) is 0 Å². The molecule has 0 amide bonds. The monoisotopic (exact) mass is 441 g/mol. The van der Waals surface area contributed by atoms with Crippen LogP contribution in [0.5, 0.6) is 0 Å². The zero-order chi connectivity index (χ0) is 22.7. The van der Waals surface area contributed by atoms with Crippen LogP contribution in [0.1, 0.15) is 32.6 Å². The fourth-order valence-corrected chi connectivity index (χ4v) is 4.02. The average molecular weight is 442 g/mol. The molecule has 0 atom stereocenters. The fourth-order valence-electron chi connectivity index (χ4n) is 4.02. The molecule has 0 saturated heterocycles. The van der Waals surface area contributed by atoms with E-state index in [1.165, 1.54) is 0 Å². The minimum Gasteiger partial charge on any atom is -0.390 e. The first kappa shape index (κ1) is 21.9. The van der Waals surface area contributed by atoms with Gasteiger partial charge >= 0.3 is 0 Å². The van der Waals surface area contributed by atoms with Crippen molar-refractivity contribution in [3.05, 3.63) is 24.4 Å². The molecule has 1 fully saturated rings. The molecule has 1 aliphatic carbocycles. The molecule has 11 heteroatoms. The molecule has 0 unspecified atom stereocenters. The Hall–Kier alpha value is -3.34. The van der Waals surface area contributed by atoms with Gasteiger partial charge in [0.05, 0.1) is 11.3 Å². The highest BCUT2D eigenvalue weighted by atomic mass is 19.1. The lowest BCUT2D eigenvalue weighted by Gasteiger charge is -2.33. The predicted octanol–water partition coefficient (Wildman–Crippen LogP) is 3.98. The van der Waals surface area contributed by atoms with Crippen molar-refractivity contribution in [1.29, 1.82) is 5.53 Å². The van der Waals surface area contributed by atoms with E-state index in [-0.39, 0.29) is 12.6 Å². The molecule has 5 N–H and O–H groups in total. The van der Waals surface area contributed by atoms with Crippen molar-refractivity contribution >= 4 is 28.8 Å². The van der Waals surface area contributed by atoms with E-state index in [1.807, 2.05) is 19.2 Å². The van der Waals surface area contributed by atoms with E-state index in [1.54, 1.807) is 23.7 Å². The summed E-state index contributed by atoms with van der Waals surface area (Å²) in [4.78, 5) is 9.21. The van der Waals surface area contributed by atoms with Gasteiger partial charge in [0.1, 0.15) is 17.9 Å². The van der Waals surface area contributed by atoms with E-state index < -0.39 is 12.3 Å². The predicted molar refractivity (Wildman–Crippen MR) is 122 cm³/mol. The van der Waals surface area contributed by atoms with Crippen molar-refractivity contribution in [2.24, 2.45) is 5.11 Å². The molecule has 3 aromatic heterocycles. The van der Waals surface area contributed by atoms with Crippen LogP contribution < -0.4 is 16.0 Å². The van der Waals surface area contributed by atoms with Crippen LogP contribution in [-0.4, -0.2) is 56.6 Å². The van der Waals surface area contributed by atoms with Crippen LogP contribution in [0.25, 0.3) is 16.8 Å². The Labute approximate surface area is 185 Å². The fraction of sp³-hybridized carbons (Fsp3) is 0.476. The molecule has 3 heterocycles. The molecule has 3 aromatic rings. The number of aliphatic hydroxyl groups is 1. The first-order valence-electron chi connectivity index (χ1n) is 10.7. The second-order valence-corrected chi connectivity index (χ2v) is 8.26. The maximum atomic E-state index is 12.6. The molecule has 0 aromatic carbocycles. The standard InChI is InChI=1S/C21H28FN9O/c1-21(32)8-5-13(6-9-21)26-20-28-19(24-2)17-14(7-12-31(17)30-20)15-3-4-16(29-23)18(27-15)25-11-10-22/h3-4,7,12-13,23,32H,5-6,8-11H2,1-2H3,(H,25,27)(H2,24,26,28,30). The minimum atomic E-state index is -0.595. The van der Waals surface area contributed by atoms with Crippen molar-refractivity contribution in [2.45, 2.75) is 44.2 Å². The van der Waals surface area contributed by atoms with Crippen LogP contribution in [0, 0.1) is 5.53 Å². The van der Waals surface area contributed by atoms with Gasteiger partial charge in [0.2, 0.25) is 5.95 Å². The SMILES string of the molecule is CNc1nc(NC2CCC(C)(O)CC2)nn2ccc(-c3ccc(N=N)c(NCCF)n3)c12.